The van der Waals surface area contributed by atoms with E-state index in [9.17, 15) is 39.5 Å². The van der Waals surface area contributed by atoms with E-state index in [1.807, 2.05) is 6.92 Å². The first-order valence-corrected chi connectivity index (χ1v) is 13.1. The van der Waals surface area contributed by atoms with Crippen LogP contribution in [0.15, 0.2) is 54.6 Å². The van der Waals surface area contributed by atoms with Gasteiger partial charge in [-0.25, -0.2) is 26.3 Å². The van der Waals surface area contributed by atoms with Crippen molar-refractivity contribution in [3.05, 3.63) is 106 Å². The number of ether oxygens (including phenoxy) is 1. The van der Waals surface area contributed by atoms with Crippen LogP contribution in [0, 0.1) is 34.9 Å². The largest absolute Gasteiger partial charge is 0.432 e. The van der Waals surface area contributed by atoms with Gasteiger partial charge in [-0.3, -0.25) is 0 Å². The molecule has 0 radical (unpaired) electrons. The Labute approximate surface area is 240 Å². The van der Waals surface area contributed by atoms with Crippen molar-refractivity contribution < 1.29 is 53.0 Å². The molecule has 4 rings (SSSR count). The lowest BCUT2D eigenvalue weighted by Gasteiger charge is -2.21. The number of hydrogen-bond acceptors (Lipinski definition) is 1. The van der Waals surface area contributed by atoms with Crippen molar-refractivity contribution in [2.45, 2.75) is 38.5 Å². The molecule has 0 saturated carbocycles. The molecule has 0 aromatic heterocycles. The molecule has 0 amide bonds. The minimum Gasteiger partial charge on any atom is -0.429 e. The maximum Gasteiger partial charge on any atom is 0.432 e. The first kappa shape index (κ1) is 32.3. The Morgan fingerprint density at radius 2 is 1.21 bits per heavy atom. The number of halogens is 11. The fourth-order valence-corrected chi connectivity index (χ4v) is 4.95. The van der Waals surface area contributed by atoms with Crippen molar-refractivity contribution in [3.63, 3.8) is 0 Å². The molecule has 1 atom stereocenters. The molecule has 0 heterocycles. The van der Waals surface area contributed by atoms with Gasteiger partial charge in [-0.15, -0.1) is 9.24 Å². The summed E-state index contributed by atoms with van der Waals surface area (Å²) in [6.07, 6.45) is -7.82. The summed E-state index contributed by atoms with van der Waals surface area (Å²) in [6.45, 7) is 1.95. The van der Waals surface area contributed by atoms with Gasteiger partial charge in [0, 0.05) is 11.6 Å². The van der Waals surface area contributed by atoms with E-state index in [0.717, 1.165) is 12.8 Å². The van der Waals surface area contributed by atoms with Crippen LogP contribution in [0.25, 0.3) is 22.3 Å². The number of aryl methyl sites for hydroxylation is 1. The number of hydrogen-bond donors (Lipinski definition) is 0. The van der Waals surface area contributed by atoms with Gasteiger partial charge in [-0.2, -0.15) is 22.0 Å². The average molecular weight is 636 g/mol. The van der Waals surface area contributed by atoms with Crippen LogP contribution in [0.4, 0.5) is 48.3 Å². The Bertz CT molecular complexity index is 1610. The van der Waals surface area contributed by atoms with E-state index < -0.39 is 80.5 Å². The highest BCUT2D eigenvalue weighted by Gasteiger charge is 2.43. The Kier molecular flexibility index (Phi) is 9.11. The minimum absolute atomic E-state index is 0.0393. The van der Waals surface area contributed by atoms with Gasteiger partial charge in [0.05, 0.1) is 11.1 Å². The van der Waals surface area contributed by atoms with Crippen LogP contribution in [-0.4, -0.2) is 0 Å². The molecule has 4 aromatic carbocycles. The Balaban J connectivity index is 1.67. The van der Waals surface area contributed by atoms with Gasteiger partial charge in [0.2, 0.25) is 0 Å². The molecule has 0 fully saturated rings. The van der Waals surface area contributed by atoms with Crippen molar-refractivity contribution in [3.8, 4) is 28.0 Å². The molecule has 0 spiro atoms. The van der Waals surface area contributed by atoms with Gasteiger partial charge in [-0.05, 0) is 71.2 Å². The molecular weight excluding hydrogens is 616 g/mol. The fraction of sp³-hybridized carbons (Fsp3) is 0.200. The van der Waals surface area contributed by atoms with Crippen LogP contribution >= 0.6 is 9.24 Å². The zero-order valence-electron chi connectivity index (χ0n) is 22.0. The molecule has 0 N–H and O–H groups in total. The second-order valence-corrected chi connectivity index (χ2v) is 10.2. The Morgan fingerprint density at radius 1 is 0.651 bits per heavy atom. The summed E-state index contributed by atoms with van der Waals surface area (Å²) in [4.78, 5) is 0. The van der Waals surface area contributed by atoms with Crippen LogP contribution in [0.3, 0.4) is 0 Å². The summed E-state index contributed by atoms with van der Waals surface area (Å²) in [5, 5.41) is -0.920. The minimum atomic E-state index is -5.17. The molecule has 13 heteroatoms. The first-order chi connectivity index (χ1) is 20.0. The van der Waals surface area contributed by atoms with Crippen molar-refractivity contribution in [1.29, 1.82) is 0 Å². The second-order valence-electron chi connectivity index (χ2n) is 9.53. The Hall–Kier alpha value is -3.66. The second kappa shape index (κ2) is 12.1. The van der Waals surface area contributed by atoms with Gasteiger partial charge in [-0.1, -0.05) is 25.5 Å². The normalized spacial score (nSPS) is 12.1. The number of benzene rings is 4. The van der Waals surface area contributed by atoms with Crippen LogP contribution in [0.5, 0.6) is 5.75 Å². The first-order valence-electron chi connectivity index (χ1n) is 12.5. The molecule has 0 aliphatic heterocycles. The molecule has 228 valence electrons. The molecule has 1 nitrogen and oxygen atoms in total. The van der Waals surface area contributed by atoms with Crippen molar-refractivity contribution in [1.82, 2.24) is 0 Å². The number of unbranched alkanes of at least 4 members (excludes halogenated alkanes) is 1. The topological polar surface area (TPSA) is 9.23 Å². The van der Waals surface area contributed by atoms with E-state index in [2.05, 4.69) is 4.74 Å². The standard InChI is InChI=1S/C30H20F11OP/c1-2-3-4-14-5-6-18(19(31)7-14)15-8-20(32)26(21(33)9-15)16-10-22(34)27(23(35)11-16)30(40,41)42-17-12-24(36)28(25(43)13-17)29(37,38)39/h5-13H,2-4,43H2,1H3. The van der Waals surface area contributed by atoms with E-state index in [0.29, 0.717) is 30.2 Å². The van der Waals surface area contributed by atoms with E-state index in [1.54, 1.807) is 6.07 Å². The smallest absolute Gasteiger partial charge is 0.429 e. The molecule has 43 heavy (non-hydrogen) atoms. The predicted octanol–water partition coefficient (Wildman–Crippen LogP) is 9.85. The predicted molar refractivity (Wildman–Crippen MR) is 141 cm³/mol. The average Bonchev–Trinajstić information content (AvgIpc) is 2.84. The van der Waals surface area contributed by atoms with Crippen LogP contribution < -0.4 is 10.0 Å². The zero-order valence-corrected chi connectivity index (χ0v) is 23.1. The van der Waals surface area contributed by atoms with Crippen LogP contribution in [-0.2, 0) is 18.7 Å². The lowest BCUT2D eigenvalue weighted by Crippen LogP contribution is -2.26. The van der Waals surface area contributed by atoms with Crippen LogP contribution in [0.1, 0.15) is 36.5 Å². The van der Waals surface area contributed by atoms with Gasteiger partial charge in [0.1, 0.15) is 46.2 Å². The van der Waals surface area contributed by atoms with E-state index in [-0.39, 0.29) is 29.3 Å². The summed E-state index contributed by atoms with van der Waals surface area (Å²) < 4.78 is 161. The number of rotatable bonds is 8. The number of alkyl halides is 5. The highest BCUT2D eigenvalue weighted by atomic mass is 31.0. The monoisotopic (exact) mass is 636 g/mol. The van der Waals surface area contributed by atoms with E-state index in [1.165, 1.54) is 21.4 Å². The van der Waals surface area contributed by atoms with Crippen molar-refractivity contribution >= 4 is 14.5 Å². The highest BCUT2D eigenvalue weighted by molar-refractivity contribution is 7.27. The van der Waals surface area contributed by atoms with Crippen LogP contribution in [0.2, 0.25) is 0 Å². The van der Waals surface area contributed by atoms with Crippen molar-refractivity contribution in [2.24, 2.45) is 0 Å². The molecule has 0 saturated heterocycles. The molecule has 4 aromatic rings. The van der Waals surface area contributed by atoms with Gasteiger partial charge in [0.25, 0.3) is 0 Å². The van der Waals surface area contributed by atoms with Crippen molar-refractivity contribution in [2.75, 3.05) is 0 Å². The SMILES string of the molecule is CCCCc1ccc(-c2cc(F)c(-c3cc(F)c(C(F)(F)Oc4cc(F)c(C(F)(F)F)c(P)c4)c(F)c3)c(F)c2)c(F)c1. The zero-order chi connectivity index (χ0) is 31.9. The van der Waals surface area contributed by atoms with Gasteiger partial charge >= 0.3 is 12.3 Å². The van der Waals surface area contributed by atoms with E-state index in [4.69, 9.17) is 0 Å². The maximum atomic E-state index is 15.0. The maximum absolute atomic E-state index is 15.0. The summed E-state index contributed by atoms with van der Waals surface area (Å²) in [6, 6.07) is 6.26. The molecule has 0 bridgehead atoms. The molecule has 0 aliphatic rings. The third kappa shape index (κ3) is 6.79. The lowest BCUT2D eigenvalue weighted by molar-refractivity contribution is -0.189. The third-order valence-electron chi connectivity index (χ3n) is 6.45. The summed E-state index contributed by atoms with van der Waals surface area (Å²) in [5.41, 5.74) is -5.38. The van der Waals surface area contributed by atoms with E-state index >= 15 is 8.78 Å². The Morgan fingerprint density at radius 3 is 1.72 bits per heavy atom. The fourth-order valence-electron chi connectivity index (χ4n) is 4.49. The quantitative estimate of drug-likeness (QED) is 0.138. The summed E-state index contributed by atoms with van der Waals surface area (Å²) in [5.74, 6) is -10.8. The summed E-state index contributed by atoms with van der Waals surface area (Å²) in [7, 11) is 1.48. The van der Waals surface area contributed by atoms with Gasteiger partial charge in [0.15, 0.2) is 0 Å². The summed E-state index contributed by atoms with van der Waals surface area (Å²) >= 11 is 0. The highest BCUT2D eigenvalue weighted by Crippen LogP contribution is 2.40. The lowest BCUT2D eigenvalue weighted by atomic mass is 9.96. The molecular formula is C30H20F11OP. The molecule has 0 aliphatic carbocycles. The molecule has 1 unspecified atom stereocenters. The van der Waals surface area contributed by atoms with Gasteiger partial charge < -0.3 is 4.74 Å². The third-order valence-corrected chi connectivity index (χ3v) is 6.91.